The summed E-state index contributed by atoms with van der Waals surface area (Å²) < 4.78 is 14.0. The monoisotopic (exact) mass is 327 g/mol. The zero-order chi connectivity index (χ0) is 13.4. The van der Waals surface area contributed by atoms with Gasteiger partial charge in [-0.15, -0.1) is 11.3 Å². The van der Waals surface area contributed by atoms with E-state index in [2.05, 4.69) is 15.9 Å². The maximum Gasteiger partial charge on any atom is 0.204 e. The normalized spacial score (nSPS) is 10.7. The zero-order valence-electron chi connectivity index (χ0n) is 9.88. The molecule has 0 aliphatic rings. The Morgan fingerprint density at radius 2 is 2.00 bits per heavy atom. The second-order valence-electron chi connectivity index (χ2n) is 4.05. The third kappa shape index (κ3) is 2.33. The second kappa shape index (κ2) is 4.82. The van der Waals surface area contributed by atoms with Crippen LogP contribution in [0.4, 0.5) is 10.1 Å². The standard InChI is InChI=1S/C13H11BrFNOS/c1-6-3-10(15)11(16)5-8(6)12(17)13-9(14)4-7(2)18-13/h3-5H,16H2,1-2H3. The molecule has 0 fully saturated rings. The fourth-order valence-corrected chi connectivity index (χ4v) is 3.47. The molecule has 0 amide bonds. The van der Waals surface area contributed by atoms with Crippen LogP contribution in [0.1, 0.15) is 25.7 Å². The van der Waals surface area contributed by atoms with E-state index in [1.54, 1.807) is 6.92 Å². The Hall–Kier alpha value is -1.20. The van der Waals surface area contributed by atoms with Gasteiger partial charge in [0.05, 0.1) is 10.6 Å². The Balaban J connectivity index is 2.53. The molecule has 1 aromatic carbocycles. The van der Waals surface area contributed by atoms with Crippen molar-refractivity contribution in [2.24, 2.45) is 0 Å². The summed E-state index contributed by atoms with van der Waals surface area (Å²) in [6.07, 6.45) is 0. The molecule has 0 bridgehead atoms. The number of nitrogen functional groups attached to an aromatic ring is 1. The van der Waals surface area contributed by atoms with E-state index in [0.717, 1.165) is 9.35 Å². The molecule has 0 atom stereocenters. The first-order valence-corrected chi connectivity index (χ1v) is 6.87. The van der Waals surface area contributed by atoms with E-state index >= 15 is 0 Å². The number of benzene rings is 1. The number of rotatable bonds is 2. The van der Waals surface area contributed by atoms with Crippen LogP contribution in [0.25, 0.3) is 0 Å². The number of anilines is 1. The van der Waals surface area contributed by atoms with Crippen molar-refractivity contribution >= 4 is 38.7 Å². The number of halogens is 2. The van der Waals surface area contributed by atoms with E-state index in [1.165, 1.54) is 23.5 Å². The molecule has 0 aliphatic carbocycles. The number of aryl methyl sites for hydroxylation is 2. The van der Waals surface area contributed by atoms with Crippen LogP contribution in [0.15, 0.2) is 22.7 Å². The van der Waals surface area contributed by atoms with E-state index in [1.807, 2.05) is 13.0 Å². The lowest BCUT2D eigenvalue weighted by Gasteiger charge is -2.06. The van der Waals surface area contributed by atoms with Gasteiger partial charge in [-0.1, -0.05) is 0 Å². The van der Waals surface area contributed by atoms with Crippen molar-refractivity contribution in [3.8, 4) is 0 Å². The molecule has 1 heterocycles. The van der Waals surface area contributed by atoms with Gasteiger partial charge in [-0.25, -0.2) is 4.39 Å². The third-order valence-corrected chi connectivity index (χ3v) is 4.54. The Morgan fingerprint density at radius 3 is 2.56 bits per heavy atom. The summed E-state index contributed by atoms with van der Waals surface area (Å²) >= 11 is 4.76. The van der Waals surface area contributed by atoms with Gasteiger partial charge in [0.15, 0.2) is 0 Å². The minimum absolute atomic E-state index is 0.00616. The molecule has 0 saturated heterocycles. The summed E-state index contributed by atoms with van der Waals surface area (Å²) in [5.74, 6) is -0.630. The fourth-order valence-electron chi connectivity index (χ4n) is 1.69. The van der Waals surface area contributed by atoms with Crippen LogP contribution in [0, 0.1) is 19.7 Å². The molecule has 2 aromatic rings. The van der Waals surface area contributed by atoms with E-state index < -0.39 is 5.82 Å². The lowest BCUT2D eigenvalue weighted by molar-refractivity contribution is 0.104. The average Bonchev–Trinajstić information content (AvgIpc) is 2.62. The molecule has 94 valence electrons. The minimum Gasteiger partial charge on any atom is -0.396 e. The van der Waals surface area contributed by atoms with Crippen molar-refractivity contribution in [3.05, 3.63) is 49.4 Å². The molecule has 0 radical (unpaired) electrons. The Kier molecular flexibility index (Phi) is 3.54. The largest absolute Gasteiger partial charge is 0.396 e. The van der Waals surface area contributed by atoms with E-state index in [0.29, 0.717) is 16.0 Å². The molecule has 5 heteroatoms. The lowest BCUT2D eigenvalue weighted by atomic mass is 10.0. The zero-order valence-corrected chi connectivity index (χ0v) is 12.3. The Labute approximate surface area is 117 Å². The maximum absolute atomic E-state index is 13.3. The van der Waals surface area contributed by atoms with Crippen molar-refractivity contribution in [2.75, 3.05) is 5.73 Å². The minimum atomic E-state index is -0.495. The number of carbonyl (C=O) groups is 1. The molecule has 0 unspecified atom stereocenters. The summed E-state index contributed by atoms with van der Waals surface area (Å²) in [5, 5.41) is 0. The van der Waals surface area contributed by atoms with E-state index in [9.17, 15) is 9.18 Å². The highest BCUT2D eigenvalue weighted by atomic mass is 79.9. The lowest BCUT2D eigenvalue weighted by Crippen LogP contribution is -2.05. The molecular weight excluding hydrogens is 317 g/mol. The quantitative estimate of drug-likeness (QED) is 0.667. The van der Waals surface area contributed by atoms with Gasteiger partial charge in [-0.3, -0.25) is 4.79 Å². The van der Waals surface area contributed by atoms with Crippen LogP contribution in [0.5, 0.6) is 0 Å². The average molecular weight is 328 g/mol. The summed E-state index contributed by atoms with van der Waals surface area (Å²) in [5.41, 5.74) is 6.54. The van der Waals surface area contributed by atoms with Crippen molar-refractivity contribution in [2.45, 2.75) is 13.8 Å². The summed E-state index contributed by atoms with van der Waals surface area (Å²) in [4.78, 5) is 14.0. The van der Waals surface area contributed by atoms with Gasteiger partial charge in [0.2, 0.25) is 5.78 Å². The molecule has 0 spiro atoms. The smallest absolute Gasteiger partial charge is 0.204 e. The number of hydrogen-bond acceptors (Lipinski definition) is 3. The SMILES string of the molecule is Cc1cc(Br)c(C(=O)c2cc(N)c(F)cc2C)s1. The van der Waals surface area contributed by atoms with Gasteiger partial charge in [-0.2, -0.15) is 0 Å². The van der Waals surface area contributed by atoms with Gasteiger partial charge in [-0.05, 0) is 53.5 Å². The molecule has 0 saturated carbocycles. The Bertz CT molecular complexity index is 636. The third-order valence-electron chi connectivity index (χ3n) is 2.60. The number of ketones is 1. The molecule has 2 nitrogen and oxygen atoms in total. The topological polar surface area (TPSA) is 43.1 Å². The highest BCUT2D eigenvalue weighted by molar-refractivity contribution is 9.10. The number of carbonyl (C=O) groups excluding carboxylic acids is 1. The van der Waals surface area contributed by atoms with Gasteiger partial charge < -0.3 is 5.73 Å². The highest BCUT2D eigenvalue weighted by Gasteiger charge is 2.18. The van der Waals surface area contributed by atoms with E-state index in [-0.39, 0.29) is 11.5 Å². The van der Waals surface area contributed by atoms with Crippen LogP contribution in [0.2, 0.25) is 0 Å². The van der Waals surface area contributed by atoms with Gasteiger partial charge in [0.25, 0.3) is 0 Å². The maximum atomic E-state index is 13.3. The van der Waals surface area contributed by atoms with E-state index in [4.69, 9.17) is 5.73 Å². The second-order valence-corrected chi connectivity index (χ2v) is 6.16. The van der Waals surface area contributed by atoms with Crippen LogP contribution < -0.4 is 5.73 Å². The molecule has 1 aromatic heterocycles. The van der Waals surface area contributed by atoms with Crippen LogP contribution in [0.3, 0.4) is 0 Å². The fraction of sp³-hybridized carbons (Fsp3) is 0.154. The number of hydrogen-bond donors (Lipinski definition) is 1. The van der Waals surface area contributed by atoms with Gasteiger partial charge in [0.1, 0.15) is 5.82 Å². The summed E-state index contributed by atoms with van der Waals surface area (Å²) in [6, 6.07) is 4.57. The Morgan fingerprint density at radius 1 is 1.33 bits per heavy atom. The summed E-state index contributed by atoms with van der Waals surface area (Å²) in [6.45, 7) is 3.63. The van der Waals surface area contributed by atoms with Crippen LogP contribution in [-0.4, -0.2) is 5.78 Å². The van der Waals surface area contributed by atoms with Crippen molar-refractivity contribution in [1.29, 1.82) is 0 Å². The van der Waals surface area contributed by atoms with Crippen LogP contribution in [-0.2, 0) is 0 Å². The molecule has 2 rings (SSSR count). The van der Waals surface area contributed by atoms with Crippen LogP contribution >= 0.6 is 27.3 Å². The molecular formula is C13H11BrFNOS. The number of nitrogens with two attached hydrogens (primary N) is 1. The highest BCUT2D eigenvalue weighted by Crippen LogP contribution is 2.30. The van der Waals surface area contributed by atoms with Gasteiger partial charge >= 0.3 is 0 Å². The summed E-state index contributed by atoms with van der Waals surface area (Å²) in [7, 11) is 0. The predicted molar refractivity (Wildman–Crippen MR) is 75.7 cm³/mol. The van der Waals surface area contributed by atoms with Crippen molar-refractivity contribution < 1.29 is 9.18 Å². The molecule has 0 aliphatic heterocycles. The molecule has 18 heavy (non-hydrogen) atoms. The first-order valence-electron chi connectivity index (χ1n) is 5.26. The van der Waals surface area contributed by atoms with Crippen molar-refractivity contribution in [1.82, 2.24) is 0 Å². The first-order chi connectivity index (χ1) is 8.40. The number of thiophene rings is 1. The molecule has 2 N–H and O–H groups in total. The van der Waals surface area contributed by atoms with Crippen molar-refractivity contribution in [3.63, 3.8) is 0 Å². The van der Waals surface area contributed by atoms with Gasteiger partial charge in [0, 0.05) is 14.9 Å². The first kappa shape index (κ1) is 13.2. The predicted octanol–water partition coefficient (Wildman–Crippen LogP) is 4.08.